The first-order valence-corrected chi connectivity index (χ1v) is 11.7. The Bertz CT molecular complexity index is 1150. The van der Waals surface area contributed by atoms with Crippen LogP contribution >= 0.6 is 0 Å². The van der Waals surface area contributed by atoms with Crippen LogP contribution in [0.2, 0.25) is 0 Å². The number of imide groups is 1. The summed E-state index contributed by atoms with van der Waals surface area (Å²) in [7, 11) is 0. The van der Waals surface area contributed by atoms with Crippen molar-refractivity contribution in [2.24, 2.45) is 0 Å². The molecule has 1 N–H and O–H groups in total. The van der Waals surface area contributed by atoms with Gasteiger partial charge in [0.05, 0.1) is 6.26 Å². The van der Waals surface area contributed by atoms with Gasteiger partial charge in [-0.2, -0.15) is 0 Å². The number of nitrogens with one attached hydrogen (secondary N) is 1. The Morgan fingerprint density at radius 2 is 1.74 bits per heavy atom. The van der Waals surface area contributed by atoms with Gasteiger partial charge in [0.15, 0.2) is 5.76 Å². The highest BCUT2D eigenvalue weighted by molar-refractivity contribution is 6.10. The number of furan rings is 1. The van der Waals surface area contributed by atoms with Crippen molar-refractivity contribution in [2.45, 2.75) is 44.7 Å². The first-order chi connectivity index (χ1) is 16.3. The number of aryl methyl sites for hydroxylation is 2. The third kappa shape index (κ3) is 3.55. The second kappa shape index (κ2) is 8.30. The first-order valence-electron chi connectivity index (χ1n) is 11.7. The maximum absolute atomic E-state index is 13.4. The lowest BCUT2D eigenvalue weighted by molar-refractivity contribution is -0.143. The van der Waals surface area contributed by atoms with Crippen LogP contribution in [0, 0.1) is 0 Å². The lowest BCUT2D eigenvalue weighted by Crippen LogP contribution is -2.56. The second-order valence-corrected chi connectivity index (χ2v) is 9.34. The molecule has 0 bridgehead atoms. The second-order valence-electron chi connectivity index (χ2n) is 9.34. The van der Waals surface area contributed by atoms with Crippen LogP contribution in [0.1, 0.15) is 47.5 Å². The van der Waals surface area contributed by atoms with E-state index in [1.54, 1.807) is 35.8 Å². The van der Waals surface area contributed by atoms with E-state index in [1.165, 1.54) is 17.4 Å². The van der Waals surface area contributed by atoms with Gasteiger partial charge in [-0.1, -0.05) is 18.2 Å². The molecule has 3 heterocycles. The molecule has 1 aliphatic carbocycles. The molecule has 1 aromatic carbocycles. The van der Waals surface area contributed by atoms with Crippen molar-refractivity contribution in [3.05, 3.63) is 59.0 Å². The SMILES string of the molecule is C[C@H](C(=O)N1CCN(C(=O)c2ccco2)CC1)N1C(=O)N[C@@](C)(c2ccc3c(c2)CCC3)C1=O. The molecule has 5 amide bonds. The number of carbonyl (C=O) groups is 4. The van der Waals surface area contributed by atoms with E-state index in [-0.39, 0.29) is 17.6 Å². The molecule has 9 nitrogen and oxygen atoms in total. The van der Waals surface area contributed by atoms with E-state index < -0.39 is 23.5 Å². The third-order valence-corrected chi connectivity index (χ3v) is 7.25. The highest BCUT2D eigenvalue weighted by Gasteiger charge is 2.52. The molecule has 5 rings (SSSR count). The number of piperazine rings is 1. The monoisotopic (exact) mass is 464 g/mol. The molecule has 2 fully saturated rings. The summed E-state index contributed by atoms with van der Waals surface area (Å²) in [5.41, 5.74) is 2.02. The number of nitrogens with zero attached hydrogens (tertiary/aromatic N) is 3. The molecule has 0 unspecified atom stereocenters. The van der Waals surface area contributed by atoms with Gasteiger partial charge in [0.1, 0.15) is 11.6 Å². The van der Waals surface area contributed by atoms with Crippen LogP contribution < -0.4 is 5.32 Å². The number of amides is 5. The minimum absolute atomic E-state index is 0.218. The summed E-state index contributed by atoms with van der Waals surface area (Å²) in [6, 6.07) is 7.68. The van der Waals surface area contributed by atoms with Crippen LogP contribution in [-0.4, -0.2) is 70.7 Å². The molecule has 2 aliphatic heterocycles. The number of hydrogen-bond acceptors (Lipinski definition) is 5. The van der Waals surface area contributed by atoms with Gasteiger partial charge >= 0.3 is 6.03 Å². The summed E-state index contributed by atoms with van der Waals surface area (Å²) in [5.74, 6) is -0.697. The molecule has 2 aromatic rings. The summed E-state index contributed by atoms with van der Waals surface area (Å²) in [4.78, 5) is 56.3. The van der Waals surface area contributed by atoms with Gasteiger partial charge in [0.25, 0.3) is 11.8 Å². The molecule has 178 valence electrons. The average Bonchev–Trinajstić information content (AvgIpc) is 3.58. The van der Waals surface area contributed by atoms with Crippen molar-refractivity contribution in [2.75, 3.05) is 26.2 Å². The molecule has 0 saturated carbocycles. The summed E-state index contributed by atoms with van der Waals surface area (Å²) in [5, 5.41) is 2.82. The summed E-state index contributed by atoms with van der Waals surface area (Å²) >= 11 is 0. The summed E-state index contributed by atoms with van der Waals surface area (Å²) in [6.45, 7) is 4.62. The fraction of sp³-hybridized carbons (Fsp3) is 0.440. The Balaban J connectivity index is 1.27. The summed E-state index contributed by atoms with van der Waals surface area (Å²) < 4.78 is 5.17. The lowest BCUT2D eigenvalue weighted by atomic mass is 9.89. The van der Waals surface area contributed by atoms with E-state index >= 15 is 0 Å². The lowest BCUT2D eigenvalue weighted by Gasteiger charge is -2.36. The van der Waals surface area contributed by atoms with Crippen LogP contribution in [0.5, 0.6) is 0 Å². The van der Waals surface area contributed by atoms with Crippen molar-refractivity contribution in [1.82, 2.24) is 20.0 Å². The molecule has 0 spiro atoms. The van der Waals surface area contributed by atoms with E-state index in [9.17, 15) is 19.2 Å². The molecule has 34 heavy (non-hydrogen) atoms. The molecule has 9 heteroatoms. The standard InChI is InChI=1S/C25H28N4O5/c1-16(21(30)27-10-12-28(13-11-27)22(31)20-7-4-14-34-20)29-23(32)25(2,26-24(29)33)19-9-8-17-5-3-6-18(17)15-19/h4,7-9,14-16H,3,5-6,10-13H2,1-2H3,(H,26,33)/t16-,25+/m1/s1. The maximum Gasteiger partial charge on any atom is 0.326 e. The van der Waals surface area contributed by atoms with E-state index in [2.05, 4.69) is 5.32 Å². The normalized spacial score (nSPS) is 23.2. The first kappa shape index (κ1) is 22.2. The van der Waals surface area contributed by atoms with E-state index in [1.807, 2.05) is 18.2 Å². The van der Waals surface area contributed by atoms with E-state index in [0.29, 0.717) is 26.2 Å². The zero-order valence-corrected chi connectivity index (χ0v) is 19.4. The van der Waals surface area contributed by atoms with Gasteiger partial charge in [-0.15, -0.1) is 0 Å². The molecular formula is C25H28N4O5. The quantitative estimate of drug-likeness (QED) is 0.697. The van der Waals surface area contributed by atoms with Gasteiger partial charge < -0.3 is 19.5 Å². The van der Waals surface area contributed by atoms with Gasteiger partial charge in [-0.3, -0.25) is 14.4 Å². The van der Waals surface area contributed by atoms with Crippen molar-refractivity contribution >= 4 is 23.8 Å². The number of urea groups is 1. The predicted molar refractivity (Wildman–Crippen MR) is 122 cm³/mol. The van der Waals surface area contributed by atoms with E-state index in [4.69, 9.17) is 4.42 Å². The molecule has 2 atom stereocenters. The molecule has 3 aliphatic rings. The maximum atomic E-state index is 13.4. The Morgan fingerprint density at radius 1 is 1.03 bits per heavy atom. The Kier molecular flexibility index (Phi) is 5.42. The minimum atomic E-state index is -1.21. The Labute approximate surface area is 197 Å². The Hall–Kier alpha value is -3.62. The van der Waals surface area contributed by atoms with Gasteiger partial charge in [0.2, 0.25) is 5.91 Å². The van der Waals surface area contributed by atoms with Crippen molar-refractivity contribution in [3.8, 4) is 0 Å². The van der Waals surface area contributed by atoms with Crippen LogP contribution in [0.15, 0.2) is 41.0 Å². The van der Waals surface area contributed by atoms with Gasteiger partial charge in [-0.05, 0) is 61.9 Å². The highest BCUT2D eigenvalue weighted by Crippen LogP contribution is 2.33. The molecular weight excluding hydrogens is 436 g/mol. The largest absolute Gasteiger partial charge is 0.459 e. The number of carbonyl (C=O) groups excluding carboxylic acids is 4. The smallest absolute Gasteiger partial charge is 0.326 e. The zero-order valence-electron chi connectivity index (χ0n) is 19.4. The van der Waals surface area contributed by atoms with Crippen molar-refractivity contribution < 1.29 is 23.6 Å². The topological polar surface area (TPSA) is 103 Å². The van der Waals surface area contributed by atoms with Crippen molar-refractivity contribution in [1.29, 1.82) is 0 Å². The van der Waals surface area contributed by atoms with Gasteiger partial charge in [0, 0.05) is 26.2 Å². The van der Waals surface area contributed by atoms with Gasteiger partial charge in [-0.25, -0.2) is 9.69 Å². The third-order valence-electron chi connectivity index (χ3n) is 7.25. The van der Waals surface area contributed by atoms with E-state index in [0.717, 1.165) is 29.7 Å². The van der Waals surface area contributed by atoms with Crippen LogP contribution in [-0.2, 0) is 28.0 Å². The molecule has 1 aromatic heterocycles. The predicted octanol–water partition coefficient (Wildman–Crippen LogP) is 1.91. The molecule has 2 saturated heterocycles. The number of rotatable bonds is 4. The highest BCUT2D eigenvalue weighted by atomic mass is 16.3. The number of fused-ring (bicyclic) bond motifs is 1. The fourth-order valence-electron chi connectivity index (χ4n) is 5.15. The minimum Gasteiger partial charge on any atom is -0.459 e. The van der Waals surface area contributed by atoms with Crippen LogP contribution in [0.3, 0.4) is 0 Å². The molecule has 0 radical (unpaired) electrons. The van der Waals surface area contributed by atoms with Crippen LogP contribution in [0.25, 0.3) is 0 Å². The Morgan fingerprint density at radius 3 is 2.44 bits per heavy atom. The fourth-order valence-corrected chi connectivity index (χ4v) is 5.15. The van der Waals surface area contributed by atoms with Crippen molar-refractivity contribution in [3.63, 3.8) is 0 Å². The van der Waals surface area contributed by atoms with Crippen LogP contribution in [0.4, 0.5) is 4.79 Å². The number of benzene rings is 1. The number of hydrogen-bond donors (Lipinski definition) is 1. The average molecular weight is 465 g/mol. The zero-order chi connectivity index (χ0) is 24.0. The summed E-state index contributed by atoms with van der Waals surface area (Å²) in [6.07, 6.45) is 4.54.